The van der Waals surface area contributed by atoms with Crippen LogP contribution in [0.1, 0.15) is 19.4 Å². The molecular formula is C19H20N2O3. The third kappa shape index (κ3) is 2.42. The maximum absolute atomic E-state index is 13.0. The first kappa shape index (κ1) is 16.1. The molecule has 1 aliphatic heterocycles. The number of imide groups is 1. The van der Waals surface area contributed by atoms with Crippen molar-refractivity contribution in [1.82, 2.24) is 0 Å². The number of ether oxygens (including phenoxy) is 1. The van der Waals surface area contributed by atoms with E-state index in [2.05, 4.69) is 0 Å². The zero-order valence-corrected chi connectivity index (χ0v) is 14.2. The number of benzene rings is 2. The van der Waals surface area contributed by atoms with Crippen LogP contribution in [0.4, 0.5) is 16.2 Å². The molecule has 1 heterocycles. The molecule has 2 aromatic rings. The van der Waals surface area contributed by atoms with E-state index < -0.39 is 5.54 Å². The van der Waals surface area contributed by atoms with Crippen molar-refractivity contribution in [3.05, 3.63) is 54.1 Å². The van der Waals surface area contributed by atoms with Crippen molar-refractivity contribution in [3.63, 3.8) is 0 Å². The summed E-state index contributed by atoms with van der Waals surface area (Å²) < 4.78 is 5.15. The van der Waals surface area contributed by atoms with Crippen LogP contribution in [0.25, 0.3) is 0 Å². The number of carbonyl (C=O) groups is 2. The quantitative estimate of drug-likeness (QED) is 0.808. The molecule has 0 radical (unpaired) electrons. The maximum Gasteiger partial charge on any atom is 0.336 e. The Morgan fingerprint density at radius 2 is 1.42 bits per heavy atom. The molecule has 2 aromatic carbocycles. The van der Waals surface area contributed by atoms with Gasteiger partial charge in [-0.3, -0.25) is 9.69 Å². The number of urea groups is 1. The molecule has 0 atom stereocenters. The second-order valence-corrected chi connectivity index (χ2v) is 6.35. The summed E-state index contributed by atoms with van der Waals surface area (Å²) >= 11 is 0. The van der Waals surface area contributed by atoms with E-state index in [1.54, 1.807) is 57.4 Å². The van der Waals surface area contributed by atoms with Gasteiger partial charge in [-0.1, -0.05) is 17.7 Å². The lowest BCUT2D eigenvalue weighted by atomic mass is 10.0. The molecule has 124 valence electrons. The van der Waals surface area contributed by atoms with E-state index in [1.807, 2.05) is 19.1 Å². The maximum atomic E-state index is 13.0. The highest BCUT2D eigenvalue weighted by molar-refractivity contribution is 6.30. The molecule has 3 amide bonds. The molecule has 1 aliphatic rings. The van der Waals surface area contributed by atoms with Crippen molar-refractivity contribution in [2.24, 2.45) is 0 Å². The van der Waals surface area contributed by atoms with Gasteiger partial charge in [0.1, 0.15) is 11.3 Å². The second kappa shape index (κ2) is 5.67. The van der Waals surface area contributed by atoms with E-state index in [4.69, 9.17) is 4.74 Å². The Morgan fingerprint density at radius 3 is 1.96 bits per heavy atom. The van der Waals surface area contributed by atoms with Gasteiger partial charge in [-0.25, -0.2) is 9.69 Å². The molecule has 0 bridgehead atoms. The number of amides is 3. The summed E-state index contributed by atoms with van der Waals surface area (Å²) in [5.41, 5.74) is 1.36. The van der Waals surface area contributed by atoms with Crippen molar-refractivity contribution in [1.29, 1.82) is 0 Å². The average Bonchev–Trinajstić information content (AvgIpc) is 2.74. The van der Waals surface area contributed by atoms with Gasteiger partial charge in [0.2, 0.25) is 0 Å². The first-order valence-electron chi connectivity index (χ1n) is 7.75. The number of carbonyl (C=O) groups excluding carboxylic acids is 2. The van der Waals surface area contributed by atoms with Gasteiger partial charge in [-0.2, -0.15) is 0 Å². The summed E-state index contributed by atoms with van der Waals surface area (Å²) in [5.74, 6) is 0.456. The van der Waals surface area contributed by atoms with E-state index in [9.17, 15) is 9.59 Å². The molecular weight excluding hydrogens is 304 g/mol. The minimum absolute atomic E-state index is 0.243. The number of hydrogen-bond donors (Lipinski definition) is 0. The molecule has 5 heteroatoms. The molecule has 0 N–H and O–H groups in total. The predicted octanol–water partition coefficient (Wildman–Crippen LogP) is 3.76. The van der Waals surface area contributed by atoms with Gasteiger partial charge >= 0.3 is 6.03 Å². The van der Waals surface area contributed by atoms with Gasteiger partial charge < -0.3 is 4.74 Å². The Kier molecular flexibility index (Phi) is 3.79. The van der Waals surface area contributed by atoms with Crippen LogP contribution < -0.4 is 14.5 Å². The number of nitrogens with zero attached hydrogens (tertiary/aromatic N) is 2. The van der Waals surface area contributed by atoms with E-state index in [0.29, 0.717) is 17.1 Å². The Balaban J connectivity index is 2.02. The Labute approximate surface area is 141 Å². The molecule has 24 heavy (non-hydrogen) atoms. The van der Waals surface area contributed by atoms with Gasteiger partial charge in [0.25, 0.3) is 5.91 Å². The van der Waals surface area contributed by atoms with Crippen molar-refractivity contribution in [2.45, 2.75) is 26.3 Å². The molecule has 0 saturated carbocycles. The van der Waals surface area contributed by atoms with Crippen LogP contribution in [0, 0.1) is 6.92 Å². The van der Waals surface area contributed by atoms with Crippen molar-refractivity contribution >= 4 is 23.3 Å². The highest BCUT2D eigenvalue weighted by Crippen LogP contribution is 2.36. The van der Waals surface area contributed by atoms with E-state index in [0.717, 1.165) is 5.56 Å². The Hall–Kier alpha value is -2.82. The van der Waals surface area contributed by atoms with Crippen molar-refractivity contribution in [2.75, 3.05) is 16.9 Å². The lowest BCUT2D eigenvalue weighted by Crippen LogP contribution is -2.44. The van der Waals surface area contributed by atoms with Gasteiger partial charge in [-0.15, -0.1) is 0 Å². The standard InChI is InChI=1S/C19H20N2O3/c1-13-5-7-14(8-6-13)20-17(22)19(2,3)21(18(20)23)15-9-11-16(24-4)12-10-15/h5-12H,1-4H3. The van der Waals surface area contributed by atoms with Crippen LogP contribution in [0.15, 0.2) is 48.5 Å². The molecule has 0 aromatic heterocycles. The molecule has 1 fully saturated rings. The number of hydrogen-bond acceptors (Lipinski definition) is 3. The van der Waals surface area contributed by atoms with Crippen LogP contribution in [0.3, 0.4) is 0 Å². The second-order valence-electron chi connectivity index (χ2n) is 6.35. The number of aryl methyl sites for hydroxylation is 1. The largest absolute Gasteiger partial charge is 0.497 e. The monoisotopic (exact) mass is 324 g/mol. The normalized spacial score (nSPS) is 16.7. The zero-order chi connectivity index (χ0) is 17.5. The Morgan fingerprint density at radius 1 is 0.875 bits per heavy atom. The van der Waals surface area contributed by atoms with Crippen molar-refractivity contribution in [3.8, 4) is 5.75 Å². The van der Waals surface area contributed by atoms with Crippen LogP contribution >= 0.6 is 0 Å². The fraction of sp³-hybridized carbons (Fsp3) is 0.263. The average molecular weight is 324 g/mol. The fourth-order valence-electron chi connectivity index (χ4n) is 2.88. The molecule has 3 rings (SSSR count). The van der Waals surface area contributed by atoms with Crippen LogP contribution in [-0.2, 0) is 4.79 Å². The fourth-order valence-corrected chi connectivity index (χ4v) is 2.88. The third-order valence-corrected chi connectivity index (χ3v) is 4.29. The summed E-state index contributed by atoms with van der Waals surface area (Å²) in [6.07, 6.45) is 0. The van der Waals surface area contributed by atoms with E-state index in [-0.39, 0.29) is 11.9 Å². The van der Waals surface area contributed by atoms with Gasteiger partial charge in [0.15, 0.2) is 0 Å². The first-order valence-corrected chi connectivity index (χ1v) is 7.75. The summed E-state index contributed by atoms with van der Waals surface area (Å²) in [7, 11) is 1.59. The van der Waals surface area contributed by atoms with Crippen LogP contribution in [-0.4, -0.2) is 24.6 Å². The van der Waals surface area contributed by atoms with Crippen LogP contribution in [0.5, 0.6) is 5.75 Å². The summed E-state index contributed by atoms with van der Waals surface area (Å²) in [4.78, 5) is 28.6. The lowest BCUT2D eigenvalue weighted by molar-refractivity contribution is -0.120. The molecule has 0 unspecified atom stereocenters. The molecule has 5 nitrogen and oxygen atoms in total. The highest BCUT2D eigenvalue weighted by atomic mass is 16.5. The van der Waals surface area contributed by atoms with Gasteiger partial charge in [-0.05, 0) is 57.2 Å². The molecule has 0 spiro atoms. The summed E-state index contributed by atoms with van der Waals surface area (Å²) in [6, 6.07) is 14.1. The van der Waals surface area contributed by atoms with Crippen LogP contribution in [0.2, 0.25) is 0 Å². The number of anilines is 2. The number of rotatable bonds is 3. The van der Waals surface area contributed by atoms with E-state index in [1.165, 1.54) is 9.80 Å². The summed E-state index contributed by atoms with van der Waals surface area (Å²) in [5, 5.41) is 0. The van der Waals surface area contributed by atoms with Gasteiger partial charge in [0.05, 0.1) is 12.8 Å². The third-order valence-electron chi connectivity index (χ3n) is 4.29. The van der Waals surface area contributed by atoms with Crippen molar-refractivity contribution < 1.29 is 14.3 Å². The minimum Gasteiger partial charge on any atom is -0.497 e. The first-order chi connectivity index (χ1) is 11.4. The molecule has 1 saturated heterocycles. The highest BCUT2D eigenvalue weighted by Gasteiger charge is 2.52. The number of methoxy groups -OCH3 is 1. The molecule has 0 aliphatic carbocycles. The lowest BCUT2D eigenvalue weighted by Gasteiger charge is -2.27. The SMILES string of the molecule is COc1ccc(N2C(=O)N(c3ccc(C)cc3)C(=O)C2(C)C)cc1. The zero-order valence-electron chi connectivity index (χ0n) is 14.2. The predicted molar refractivity (Wildman–Crippen MR) is 93.6 cm³/mol. The smallest absolute Gasteiger partial charge is 0.336 e. The van der Waals surface area contributed by atoms with E-state index >= 15 is 0 Å². The topological polar surface area (TPSA) is 49.9 Å². The minimum atomic E-state index is -0.962. The van der Waals surface area contributed by atoms with Gasteiger partial charge in [0, 0.05) is 5.69 Å². The Bertz CT molecular complexity index is 779. The summed E-state index contributed by atoms with van der Waals surface area (Å²) in [6.45, 7) is 5.47.